The van der Waals surface area contributed by atoms with E-state index >= 15 is 0 Å². The van der Waals surface area contributed by atoms with Crippen molar-refractivity contribution in [2.45, 2.75) is 193 Å². The van der Waals surface area contributed by atoms with Crippen molar-refractivity contribution in [3.8, 4) is 0 Å². The van der Waals surface area contributed by atoms with Gasteiger partial charge in [0, 0.05) is 12.8 Å². The zero-order valence-electron chi connectivity index (χ0n) is 30.1. The maximum absolute atomic E-state index is 6.54. The monoisotopic (exact) mass is 614 g/mol. The zero-order chi connectivity index (χ0) is 31.8. The lowest BCUT2D eigenvalue weighted by molar-refractivity contribution is -0.192. The lowest BCUT2D eigenvalue weighted by Gasteiger charge is -2.29. The standard InChI is InChI=1S/C41H75NO2/c1-5-7-9-11-13-15-17-19-21-23-25-27-29-31-33-35-37-41(43-39-40(44-41)42(3)4)38-36-34-32-30-28-26-24-22-20-18-16-14-12-10-8-6-2/h13-16,19-22,40H,5-12,17-18,23-39H2,1-4H3/b15-13-,16-14-,21-19-,22-20-. The smallest absolute Gasteiger partial charge is 0.170 e. The molecule has 0 spiro atoms. The van der Waals surface area contributed by atoms with Gasteiger partial charge >= 0.3 is 0 Å². The fourth-order valence-corrected chi connectivity index (χ4v) is 5.95. The first kappa shape index (κ1) is 40.9. The normalized spacial score (nSPS) is 17.2. The Labute approximate surface area is 276 Å². The minimum atomic E-state index is -0.348. The molecule has 0 aliphatic carbocycles. The van der Waals surface area contributed by atoms with Crippen LogP contribution in [0, 0.1) is 0 Å². The lowest BCUT2D eigenvalue weighted by atomic mass is 9.98. The Bertz CT molecular complexity index is 674. The van der Waals surface area contributed by atoms with Crippen molar-refractivity contribution >= 4 is 0 Å². The van der Waals surface area contributed by atoms with Crippen LogP contribution in [0.25, 0.3) is 0 Å². The van der Waals surface area contributed by atoms with Gasteiger partial charge in [0.15, 0.2) is 5.79 Å². The van der Waals surface area contributed by atoms with Crippen LogP contribution < -0.4 is 0 Å². The first-order valence-corrected chi connectivity index (χ1v) is 19.2. The van der Waals surface area contributed by atoms with Crippen LogP contribution in [-0.4, -0.2) is 37.6 Å². The van der Waals surface area contributed by atoms with E-state index in [0.29, 0.717) is 6.61 Å². The first-order valence-electron chi connectivity index (χ1n) is 19.2. The van der Waals surface area contributed by atoms with Gasteiger partial charge in [-0.05, 0) is 91.1 Å². The summed E-state index contributed by atoms with van der Waals surface area (Å²) in [5.41, 5.74) is 0. The Hall–Kier alpha value is -1.16. The van der Waals surface area contributed by atoms with Crippen LogP contribution in [0.4, 0.5) is 0 Å². The summed E-state index contributed by atoms with van der Waals surface area (Å²) < 4.78 is 12.9. The summed E-state index contributed by atoms with van der Waals surface area (Å²) in [5, 5.41) is 0. The Morgan fingerprint density at radius 1 is 0.500 bits per heavy atom. The van der Waals surface area contributed by atoms with Crippen LogP contribution in [0.2, 0.25) is 0 Å². The SMILES string of the molecule is CCCCC/C=C\C/C=C\CCCCCCCCC1(CCCCCCCC/C=C\C/C=C\CCCCC)OCC(N(C)C)O1. The van der Waals surface area contributed by atoms with Crippen molar-refractivity contribution in [1.29, 1.82) is 0 Å². The van der Waals surface area contributed by atoms with Crippen LogP contribution in [0.1, 0.15) is 181 Å². The predicted octanol–water partition coefficient (Wildman–Crippen LogP) is 13.0. The summed E-state index contributed by atoms with van der Waals surface area (Å²) >= 11 is 0. The summed E-state index contributed by atoms with van der Waals surface area (Å²) in [5.74, 6) is -0.348. The van der Waals surface area contributed by atoms with E-state index in [1.165, 1.54) is 141 Å². The van der Waals surface area contributed by atoms with E-state index < -0.39 is 0 Å². The van der Waals surface area contributed by atoms with Crippen LogP contribution in [-0.2, 0) is 9.47 Å². The molecule has 44 heavy (non-hydrogen) atoms. The fourth-order valence-electron chi connectivity index (χ4n) is 5.95. The second-order valence-corrected chi connectivity index (χ2v) is 13.4. The molecule has 1 saturated heterocycles. The van der Waals surface area contributed by atoms with E-state index in [2.05, 4.69) is 81.5 Å². The molecule has 0 aromatic carbocycles. The van der Waals surface area contributed by atoms with Crippen LogP contribution in [0.3, 0.4) is 0 Å². The van der Waals surface area contributed by atoms with Gasteiger partial charge in [0.25, 0.3) is 0 Å². The average molecular weight is 614 g/mol. The molecule has 1 atom stereocenters. The third-order valence-corrected chi connectivity index (χ3v) is 8.93. The van der Waals surface area contributed by atoms with Gasteiger partial charge in [0.2, 0.25) is 0 Å². The van der Waals surface area contributed by atoms with Gasteiger partial charge < -0.3 is 9.47 Å². The van der Waals surface area contributed by atoms with E-state index in [4.69, 9.17) is 9.47 Å². The summed E-state index contributed by atoms with van der Waals surface area (Å²) in [4.78, 5) is 2.17. The van der Waals surface area contributed by atoms with Crippen molar-refractivity contribution in [1.82, 2.24) is 4.90 Å². The molecule has 1 fully saturated rings. The van der Waals surface area contributed by atoms with Crippen LogP contribution >= 0.6 is 0 Å². The number of unbranched alkanes of at least 4 members (excludes halogenated alkanes) is 18. The lowest BCUT2D eigenvalue weighted by Crippen LogP contribution is -2.35. The summed E-state index contributed by atoms with van der Waals surface area (Å²) in [7, 11) is 4.20. The second kappa shape index (κ2) is 30.5. The van der Waals surface area contributed by atoms with Crippen LogP contribution in [0.15, 0.2) is 48.6 Å². The van der Waals surface area contributed by atoms with Crippen LogP contribution in [0.5, 0.6) is 0 Å². The van der Waals surface area contributed by atoms with E-state index in [1.54, 1.807) is 0 Å². The molecule has 1 rings (SSSR count). The number of allylic oxidation sites excluding steroid dienone is 8. The van der Waals surface area contributed by atoms with E-state index in [-0.39, 0.29) is 12.0 Å². The number of nitrogens with zero attached hydrogens (tertiary/aromatic N) is 1. The molecule has 1 aliphatic heterocycles. The molecule has 0 bridgehead atoms. The topological polar surface area (TPSA) is 21.7 Å². The maximum atomic E-state index is 6.54. The van der Waals surface area contributed by atoms with Gasteiger partial charge in [0.05, 0.1) is 6.61 Å². The summed E-state index contributed by atoms with van der Waals surface area (Å²) in [6, 6.07) is 0. The molecule has 0 amide bonds. The van der Waals surface area contributed by atoms with Gasteiger partial charge in [-0.15, -0.1) is 0 Å². The number of rotatable bonds is 31. The van der Waals surface area contributed by atoms with Gasteiger partial charge in [0.1, 0.15) is 6.23 Å². The van der Waals surface area contributed by atoms with E-state index in [0.717, 1.165) is 25.7 Å². The number of hydrogen-bond acceptors (Lipinski definition) is 3. The molecule has 0 aromatic heterocycles. The van der Waals surface area contributed by atoms with Crippen molar-refractivity contribution in [3.63, 3.8) is 0 Å². The average Bonchev–Trinajstić information content (AvgIpc) is 3.45. The van der Waals surface area contributed by atoms with Crippen molar-refractivity contribution in [2.75, 3.05) is 20.7 Å². The highest BCUT2D eigenvalue weighted by Crippen LogP contribution is 2.35. The maximum Gasteiger partial charge on any atom is 0.170 e. The predicted molar refractivity (Wildman–Crippen MR) is 195 cm³/mol. The van der Waals surface area contributed by atoms with Gasteiger partial charge in [-0.1, -0.05) is 140 Å². The summed E-state index contributed by atoms with van der Waals surface area (Å²) in [6.45, 7) is 5.24. The Balaban J connectivity index is 2.09. The minimum absolute atomic E-state index is 0.101. The zero-order valence-corrected chi connectivity index (χ0v) is 30.1. The third-order valence-electron chi connectivity index (χ3n) is 8.93. The Morgan fingerprint density at radius 3 is 1.23 bits per heavy atom. The molecule has 256 valence electrons. The molecule has 3 heteroatoms. The molecule has 0 N–H and O–H groups in total. The molecule has 0 aromatic rings. The van der Waals surface area contributed by atoms with Gasteiger partial charge in [-0.3, -0.25) is 4.90 Å². The molecule has 1 unspecified atom stereocenters. The number of ether oxygens (including phenoxy) is 2. The number of hydrogen-bond donors (Lipinski definition) is 0. The molecule has 3 nitrogen and oxygen atoms in total. The molecule has 0 radical (unpaired) electrons. The van der Waals surface area contributed by atoms with Crippen molar-refractivity contribution < 1.29 is 9.47 Å². The Kier molecular flexibility index (Phi) is 28.3. The highest BCUT2D eigenvalue weighted by Gasteiger charge is 2.41. The highest BCUT2D eigenvalue weighted by atomic mass is 16.8. The summed E-state index contributed by atoms with van der Waals surface area (Å²) in [6.07, 6.45) is 51.9. The van der Waals surface area contributed by atoms with Crippen molar-refractivity contribution in [2.24, 2.45) is 0 Å². The third kappa shape index (κ3) is 24.1. The fraction of sp³-hybridized carbons (Fsp3) is 0.805. The molecule has 1 heterocycles. The molecule has 1 aliphatic rings. The van der Waals surface area contributed by atoms with Crippen molar-refractivity contribution in [3.05, 3.63) is 48.6 Å². The quantitative estimate of drug-likeness (QED) is 0.0573. The molecule has 0 saturated carbocycles. The Morgan fingerprint density at radius 2 is 0.864 bits per heavy atom. The van der Waals surface area contributed by atoms with E-state index in [1.807, 2.05) is 0 Å². The minimum Gasteiger partial charge on any atom is -0.346 e. The van der Waals surface area contributed by atoms with Gasteiger partial charge in [-0.25, -0.2) is 0 Å². The largest absolute Gasteiger partial charge is 0.346 e. The van der Waals surface area contributed by atoms with Gasteiger partial charge in [-0.2, -0.15) is 0 Å². The second-order valence-electron chi connectivity index (χ2n) is 13.4. The molecular weight excluding hydrogens is 538 g/mol. The first-order chi connectivity index (χ1) is 21.6. The number of likely N-dealkylation sites (N-methyl/N-ethyl adjacent to an activating group) is 1. The van der Waals surface area contributed by atoms with E-state index in [9.17, 15) is 0 Å². The molecular formula is C41H75NO2. The highest BCUT2D eigenvalue weighted by molar-refractivity contribution is 4.93.